The Morgan fingerprint density at radius 2 is 2.13 bits per heavy atom. The number of thiophene rings is 1. The molecule has 0 aromatic carbocycles. The van der Waals surface area contributed by atoms with Gasteiger partial charge in [-0.2, -0.15) is 0 Å². The van der Waals surface area contributed by atoms with Gasteiger partial charge in [0.1, 0.15) is 10.8 Å². The van der Waals surface area contributed by atoms with E-state index >= 15 is 0 Å². The van der Waals surface area contributed by atoms with Crippen LogP contribution in [0.5, 0.6) is 0 Å². The molecule has 15 heavy (non-hydrogen) atoms. The quantitative estimate of drug-likeness (QED) is 0.478. The molecule has 1 rings (SSSR count). The number of hydrogen-bond donors (Lipinski definition) is 0. The standard InChI is InChI=1S/C9H8Cl2O3S/c1-2-14-8(13)4-6(12)5-3-7(10)15-9(5)11/h3H,2,4H2,1H3. The van der Waals surface area contributed by atoms with Crippen LogP contribution in [0.1, 0.15) is 23.7 Å². The second-order valence-electron chi connectivity index (χ2n) is 2.64. The van der Waals surface area contributed by atoms with Crippen molar-refractivity contribution >= 4 is 46.3 Å². The van der Waals surface area contributed by atoms with Crippen LogP contribution in [0.2, 0.25) is 8.67 Å². The van der Waals surface area contributed by atoms with Gasteiger partial charge in [-0.1, -0.05) is 23.2 Å². The molecule has 0 fully saturated rings. The number of rotatable bonds is 4. The highest BCUT2D eigenvalue weighted by Gasteiger charge is 2.17. The van der Waals surface area contributed by atoms with Crippen LogP contribution >= 0.6 is 34.5 Å². The number of Topliss-reactive ketones (excluding diaryl/α,β-unsaturated/α-hetero) is 1. The second kappa shape index (κ2) is 5.49. The number of ether oxygens (including phenoxy) is 1. The molecule has 0 unspecified atom stereocenters. The first-order valence-electron chi connectivity index (χ1n) is 4.18. The summed E-state index contributed by atoms with van der Waals surface area (Å²) >= 11 is 12.5. The number of esters is 1. The molecule has 0 aliphatic heterocycles. The smallest absolute Gasteiger partial charge is 0.313 e. The van der Waals surface area contributed by atoms with Crippen molar-refractivity contribution < 1.29 is 14.3 Å². The molecule has 0 atom stereocenters. The molecule has 0 spiro atoms. The van der Waals surface area contributed by atoms with E-state index in [-0.39, 0.29) is 24.4 Å². The molecule has 1 heterocycles. The zero-order chi connectivity index (χ0) is 11.4. The lowest BCUT2D eigenvalue weighted by atomic mass is 10.2. The highest BCUT2D eigenvalue weighted by Crippen LogP contribution is 2.31. The van der Waals surface area contributed by atoms with Gasteiger partial charge in [0.15, 0.2) is 5.78 Å². The van der Waals surface area contributed by atoms with Crippen molar-refractivity contribution in [3.63, 3.8) is 0 Å². The molecule has 0 bridgehead atoms. The first-order chi connectivity index (χ1) is 7.04. The minimum atomic E-state index is -0.555. The SMILES string of the molecule is CCOC(=O)CC(=O)c1cc(Cl)sc1Cl. The number of carbonyl (C=O) groups is 2. The van der Waals surface area contributed by atoms with Gasteiger partial charge in [-0.05, 0) is 13.0 Å². The minimum absolute atomic E-state index is 0.254. The van der Waals surface area contributed by atoms with E-state index in [0.717, 1.165) is 11.3 Å². The molecule has 0 N–H and O–H groups in total. The summed E-state index contributed by atoms with van der Waals surface area (Å²) in [5, 5.41) is 0. The van der Waals surface area contributed by atoms with Crippen molar-refractivity contribution in [3.05, 3.63) is 20.3 Å². The predicted octanol–water partition coefficient (Wildman–Crippen LogP) is 3.19. The molecule has 82 valence electrons. The Hall–Kier alpha value is -0.580. The molecule has 0 radical (unpaired) electrons. The Labute approximate surface area is 101 Å². The third-order valence-electron chi connectivity index (χ3n) is 1.57. The van der Waals surface area contributed by atoms with Gasteiger partial charge in [-0.15, -0.1) is 11.3 Å². The maximum Gasteiger partial charge on any atom is 0.313 e. The topological polar surface area (TPSA) is 43.4 Å². The predicted molar refractivity (Wildman–Crippen MR) is 59.9 cm³/mol. The molecule has 0 aliphatic rings. The third kappa shape index (κ3) is 3.48. The zero-order valence-electron chi connectivity index (χ0n) is 7.88. The fourth-order valence-corrected chi connectivity index (χ4v) is 2.47. The van der Waals surface area contributed by atoms with Gasteiger partial charge in [0.2, 0.25) is 0 Å². The van der Waals surface area contributed by atoms with Crippen molar-refractivity contribution in [1.82, 2.24) is 0 Å². The number of hydrogen-bond acceptors (Lipinski definition) is 4. The molecular weight excluding hydrogens is 259 g/mol. The first-order valence-corrected chi connectivity index (χ1v) is 5.75. The van der Waals surface area contributed by atoms with Gasteiger partial charge in [0.05, 0.1) is 10.9 Å². The molecule has 0 aliphatic carbocycles. The van der Waals surface area contributed by atoms with Crippen LogP contribution in [-0.4, -0.2) is 18.4 Å². The van der Waals surface area contributed by atoms with Crippen LogP contribution in [0.25, 0.3) is 0 Å². The van der Waals surface area contributed by atoms with Crippen LogP contribution in [0.4, 0.5) is 0 Å². The lowest BCUT2D eigenvalue weighted by Crippen LogP contribution is -2.10. The number of ketones is 1. The summed E-state index contributed by atoms with van der Waals surface area (Å²) in [5.74, 6) is -0.928. The van der Waals surface area contributed by atoms with E-state index in [9.17, 15) is 9.59 Å². The average Bonchev–Trinajstić information content (AvgIpc) is 2.45. The van der Waals surface area contributed by atoms with E-state index in [2.05, 4.69) is 4.74 Å². The summed E-state index contributed by atoms with van der Waals surface area (Å²) < 4.78 is 5.37. The van der Waals surface area contributed by atoms with Crippen molar-refractivity contribution in [1.29, 1.82) is 0 Å². The summed E-state index contributed by atoms with van der Waals surface area (Å²) in [6.45, 7) is 1.93. The van der Waals surface area contributed by atoms with Gasteiger partial charge in [0.25, 0.3) is 0 Å². The third-order valence-corrected chi connectivity index (χ3v) is 3.05. The Kier molecular flexibility index (Phi) is 4.57. The molecule has 1 aromatic heterocycles. The van der Waals surface area contributed by atoms with E-state index in [1.54, 1.807) is 6.92 Å². The Morgan fingerprint density at radius 3 is 2.60 bits per heavy atom. The van der Waals surface area contributed by atoms with Crippen LogP contribution in [0.3, 0.4) is 0 Å². The van der Waals surface area contributed by atoms with Crippen LogP contribution in [0.15, 0.2) is 6.07 Å². The number of halogens is 2. The molecule has 1 aromatic rings. The van der Waals surface area contributed by atoms with Gasteiger partial charge in [-0.25, -0.2) is 0 Å². The first kappa shape index (κ1) is 12.5. The van der Waals surface area contributed by atoms with Crippen molar-refractivity contribution in [2.24, 2.45) is 0 Å². The molecule has 0 saturated heterocycles. The van der Waals surface area contributed by atoms with Crippen molar-refractivity contribution in [2.75, 3.05) is 6.61 Å². The van der Waals surface area contributed by atoms with E-state index in [4.69, 9.17) is 23.2 Å². The van der Waals surface area contributed by atoms with E-state index < -0.39 is 5.97 Å². The Bertz CT molecular complexity index is 387. The average molecular weight is 267 g/mol. The van der Waals surface area contributed by atoms with Crippen LogP contribution in [-0.2, 0) is 9.53 Å². The van der Waals surface area contributed by atoms with E-state index in [0.29, 0.717) is 8.67 Å². The summed E-state index contributed by atoms with van der Waals surface area (Å²) in [6.07, 6.45) is -0.305. The monoisotopic (exact) mass is 266 g/mol. The second-order valence-corrected chi connectivity index (χ2v) is 4.93. The summed E-state index contributed by atoms with van der Waals surface area (Å²) in [7, 11) is 0. The van der Waals surface area contributed by atoms with Crippen LogP contribution in [0, 0.1) is 0 Å². The maximum absolute atomic E-state index is 11.5. The normalized spacial score (nSPS) is 10.1. The minimum Gasteiger partial charge on any atom is -0.466 e. The fraction of sp³-hybridized carbons (Fsp3) is 0.333. The van der Waals surface area contributed by atoms with E-state index in [1.165, 1.54) is 6.07 Å². The fourth-order valence-electron chi connectivity index (χ4n) is 0.969. The van der Waals surface area contributed by atoms with Gasteiger partial charge >= 0.3 is 5.97 Å². The summed E-state index contributed by atoms with van der Waals surface area (Å²) in [6, 6.07) is 1.45. The van der Waals surface area contributed by atoms with E-state index in [1.807, 2.05) is 0 Å². The number of carbonyl (C=O) groups excluding carboxylic acids is 2. The largest absolute Gasteiger partial charge is 0.466 e. The summed E-state index contributed by atoms with van der Waals surface area (Å²) in [5.41, 5.74) is 0.278. The Balaban J connectivity index is 2.69. The lowest BCUT2D eigenvalue weighted by molar-refractivity contribution is -0.141. The van der Waals surface area contributed by atoms with Crippen molar-refractivity contribution in [3.8, 4) is 0 Å². The van der Waals surface area contributed by atoms with Gasteiger partial charge in [0, 0.05) is 5.56 Å². The van der Waals surface area contributed by atoms with Crippen LogP contribution < -0.4 is 0 Å². The summed E-state index contributed by atoms with van der Waals surface area (Å²) in [4.78, 5) is 22.6. The maximum atomic E-state index is 11.5. The lowest BCUT2D eigenvalue weighted by Gasteiger charge is -1.99. The highest BCUT2D eigenvalue weighted by atomic mass is 35.5. The van der Waals surface area contributed by atoms with Gasteiger partial charge < -0.3 is 4.74 Å². The molecule has 0 amide bonds. The molecule has 6 heteroatoms. The molecular formula is C9H8Cl2O3S. The Morgan fingerprint density at radius 1 is 1.47 bits per heavy atom. The van der Waals surface area contributed by atoms with Crippen molar-refractivity contribution in [2.45, 2.75) is 13.3 Å². The molecule has 0 saturated carbocycles. The van der Waals surface area contributed by atoms with Gasteiger partial charge in [-0.3, -0.25) is 9.59 Å². The zero-order valence-corrected chi connectivity index (χ0v) is 10.2. The molecule has 3 nitrogen and oxygen atoms in total. The highest BCUT2D eigenvalue weighted by molar-refractivity contribution is 7.20.